The van der Waals surface area contributed by atoms with Crippen LogP contribution in [0, 0.1) is 0 Å². The molecule has 0 radical (unpaired) electrons. The smallest absolute Gasteiger partial charge is 0.325 e. The number of nitrogens with zero attached hydrogens (tertiary/aromatic N) is 1. The van der Waals surface area contributed by atoms with Crippen molar-refractivity contribution in [3.8, 4) is 11.5 Å². The van der Waals surface area contributed by atoms with Crippen LogP contribution in [0.1, 0.15) is 43.6 Å². The summed E-state index contributed by atoms with van der Waals surface area (Å²) in [5, 5.41) is 0. The molecule has 1 aromatic rings. The van der Waals surface area contributed by atoms with Crippen molar-refractivity contribution in [1.29, 1.82) is 0 Å². The Morgan fingerprint density at radius 2 is 1.96 bits per heavy atom. The summed E-state index contributed by atoms with van der Waals surface area (Å²) in [7, 11) is 2.96. The van der Waals surface area contributed by atoms with Crippen LogP contribution in [0.3, 0.4) is 0 Å². The predicted molar refractivity (Wildman–Crippen MR) is 91.8 cm³/mol. The van der Waals surface area contributed by atoms with Crippen molar-refractivity contribution in [3.63, 3.8) is 0 Å². The maximum Gasteiger partial charge on any atom is 0.325 e. The van der Waals surface area contributed by atoms with E-state index >= 15 is 0 Å². The zero-order valence-corrected chi connectivity index (χ0v) is 14.8. The van der Waals surface area contributed by atoms with Gasteiger partial charge in [-0.2, -0.15) is 0 Å². The minimum absolute atomic E-state index is 0.00736. The van der Waals surface area contributed by atoms with E-state index in [1.807, 2.05) is 18.2 Å². The summed E-state index contributed by atoms with van der Waals surface area (Å²) in [5.41, 5.74) is 1.04. The Bertz CT molecular complexity index is 639. The Morgan fingerprint density at radius 1 is 1.20 bits per heavy atom. The monoisotopic (exact) mass is 347 g/mol. The molecule has 136 valence electrons. The van der Waals surface area contributed by atoms with Gasteiger partial charge >= 0.3 is 5.97 Å². The Hall–Kier alpha value is -2.24. The summed E-state index contributed by atoms with van der Waals surface area (Å²) < 4.78 is 16.2. The SMILES string of the molecule is COC(=O)CN1CC(c2ccc(OC)c(OC3CCCC3)c2)CC1=O. The number of carbonyl (C=O) groups excluding carboxylic acids is 2. The third kappa shape index (κ3) is 4.06. The molecular formula is C19H25NO5. The normalized spacial score (nSPS) is 20.8. The number of amides is 1. The van der Waals surface area contributed by atoms with Crippen LogP contribution in [0.2, 0.25) is 0 Å². The molecule has 1 aliphatic heterocycles. The van der Waals surface area contributed by atoms with Gasteiger partial charge in [0.2, 0.25) is 5.91 Å². The molecule has 6 heteroatoms. The van der Waals surface area contributed by atoms with Crippen LogP contribution in [0.5, 0.6) is 11.5 Å². The highest BCUT2D eigenvalue weighted by Gasteiger charge is 2.32. The van der Waals surface area contributed by atoms with E-state index in [9.17, 15) is 9.59 Å². The van der Waals surface area contributed by atoms with E-state index in [1.54, 1.807) is 12.0 Å². The highest BCUT2D eigenvalue weighted by molar-refractivity contribution is 5.84. The van der Waals surface area contributed by atoms with Gasteiger partial charge in [-0.1, -0.05) is 6.07 Å². The lowest BCUT2D eigenvalue weighted by molar-refractivity contribution is -0.145. The first-order valence-electron chi connectivity index (χ1n) is 8.80. The van der Waals surface area contributed by atoms with Gasteiger partial charge in [0.1, 0.15) is 6.54 Å². The van der Waals surface area contributed by atoms with E-state index in [4.69, 9.17) is 9.47 Å². The van der Waals surface area contributed by atoms with Gasteiger partial charge in [0, 0.05) is 18.9 Å². The maximum absolute atomic E-state index is 12.2. The molecular weight excluding hydrogens is 322 g/mol. The average Bonchev–Trinajstić information content (AvgIpc) is 3.25. The van der Waals surface area contributed by atoms with Gasteiger partial charge in [-0.05, 0) is 43.4 Å². The van der Waals surface area contributed by atoms with Gasteiger partial charge in [-0.3, -0.25) is 9.59 Å². The minimum atomic E-state index is -0.394. The van der Waals surface area contributed by atoms with E-state index < -0.39 is 5.97 Å². The lowest BCUT2D eigenvalue weighted by atomic mass is 9.98. The number of likely N-dealkylation sites (tertiary alicyclic amines) is 1. The molecule has 2 fully saturated rings. The average molecular weight is 347 g/mol. The number of esters is 1. The molecule has 1 amide bonds. The standard InChI is InChI=1S/C19H25NO5/c1-23-16-8-7-13(9-17(16)25-15-5-3-4-6-15)14-10-18(21)20(11-14)12-19(22)24-2/h7-9,14-15H,3-6,10-12H2,1-2H3. The van der Waals surface area contributed by atoms with E-state index in [2.05, 4.69) is 4.74 Å². The molecule has 1 saturated heterocycles. The van der Waals surface area contributed by atoms with Crippen LogP contribution < -0.4 is 9.47 Å². The topological polar surface area (TPSA) is 65.1 Å². The molecule has 0 spiro atoms. The first kappa shape index (κ1) is 17.6. The third-order valence-electron chi connectivity index (χ3n) is 5.02. The lowest BCUT2D eigenvalue weighted by Gasteiger charge is -2.19. The van der Waals surface area contributed by atoms with Gasteiger partial charge in [0.25, 0.3) is 0 Å². The molecule has 0 N–H and O–H groups in total. The van der Waals surface area contributed by atoms with Crippen molar-refractivity contribution in [2.24, 2.45) is 0 Å². The number of hydrogen-bond acceptors (Lipinski definition) is 5. The molecule has 0 aromatic heterocycles. The Labute approximate surface area is 148 Å². The fourth-order valence-electron chi connectivity index (χ4n) is 3.59. The number of ether oxygens (including phenoxy) is 3. The van der Waals surface area contributed by atoms with Crippen LogP contribution >= 0.6 is 0 Å². The maximum atomic E-state index is 12.2. The molecule has 1 aromatic carbocycles. The Balaban J connectivity index is 1.73. The number of rotatable bonds is 6. The van der Waals surface area contributed by atoms with Crippen LogP contribution in [-0.4, -0.2) is 50.2 Å². The predicted octanol–water partition coefficient (Wildman–Crippen LogP) is 2.51. The molecule has 1 saturated carbocycles. The van der Waals surface area contributed by atoms with Crippen molar-refractivity contribution in [1.82, 2.24) is 4.90 Å². The fraction of sp³-hybridized carbons (Fsp3) is 0.579. The van der Waals surface area contributed by atoms with Crippen molar-refractivity contribution in [2.45, 2.75) is 44.1 Å². The summed E-state index contributed by atoms with van der Waals surface area (Å²) in [5.74, 6) is 1.09. The Morgan fingerprint density at radius 3 is 2.64 bits per heavy atom. The van der Waals surface area contributed by atoms with Gasteiger partial charge in [-0.25, -0.2) is 0 Å². The largest absolute Gasteiger partial charge is 0.493 e. The molecule has 6 nitrogen and oxygen atoms in total. The number of benzene rings is 1. The second kappa shape index (κ2) is 7.76. The van der Waals surface area contributed by atoms with E-state index in [1.165, 1.54) is 20.0 Å². The molecule has 25 heavy (non-hydrogen) atoms. The number of carbonyl (C=O) groups is 2. The van der Waals surface area contributed by atoms with E-state index in [0.29, 0.717) is 18.7 Å². The molecule has 1 aliphatic carbocycles. The second-order valence-corrected chi connectivity index (χ2v) is 6.69. The van der Waals surface area contributed by atoms with Crippen LogP contribution in [-0.2, 0) is 14.3 Å². The van der Waals surface area contributed by atoms with Gasteiger partial charge in [0.05, 0.1) is 20.3 Å². The summed E-state index contributed by atoms with van der Waals surface area (Å²) in [6.45, 7) is 0.524. The summed E-state index contributed by atoms with van der Waals surface area (Å²) in [4.78, 5) is 25.1. The van der Waals surface area contributed by atoms with Gasteiger partial charge in [-0.15, -0.1) is 0 Å². The zero-order valence-electron chi connectivity index (χ0n) is 14.8. The van der Waals surface area contributed by atoms with E-state index in [-0.39, 0.29) is 24.5 Å². The third-order valence-corrected chi connectivity index (χ3v) is 5.02. The van der Waals surface area contributed by atoms with Crippen molar-refractivity contribution in [3.05, 3.63) is 23.8 Å². The van der Waals surface area contributed by atoms with Crippen molar-refractivity contribution >= 4 is 11.9 Å². The van der Waals surface area contributed by atoms with Gasteiger partial charge < -0.3 is 19.1 Å². The fourth-order valence-corrected chi connectivity index (χ4v) is 3.59. The molecule has 2 aliphatic rings. The first-order chi connectivity index (χ1) is 12.1. The second-order valence-electron chi connectivity index (χ2n) is 6.69. The highest BCUT2D eigenvalue weighted by atomic mass is 16.5. The van der Waals surface area contributed by atoms with Crippen LogP contribution in [0.4, 0.5) is 0 Å². The molecule has 1 unspecified atom stereocenters. The number of methoxy groups -OCH3 is 2. The van der Waals surface area contributed by atoms with Gasteiger partial charge in [0.15, 0.2) is 11.5 Å². The quantitative estimate of drug-likeness (QED) is 0.740. The lowest BCUT2D eigenvalue weighted by Crippen LogP contribution is -2.31. The first-order valence-corrected chi connectivity index (χ1v) is 8.80. The summed E-state index contributed by atoms with van der Waals surface area (Å²) >= 11 is 0. The van der Waals surface area contributed by atoms with Crippen LogP contribution in [0.15, 0.2) is 18.2 Å². The van der Waals surface area contributed by atoms with E-state index in [0.717, 1.165) is 24.2 Å². The summed E-state index contributed by atoms with van der Waals surface area (Å²) in [6, 6.07) is 5.85. The molecule has 3 rings (SSSR count). The molecule has 0 bridgehead atoms. The Kier molecular flexibility index (Phi) is 5.46. The summed E-state index contributed by atoms with van der Waals surface area (Å²) in [6.07, 6.45) is 5.18. The minimum Gasteiger partial charge on any atom is -0.493 e. The van der Waals surface area contributed by atoms with Crippen molar-refractivity contribution in [2.75, 3.05) is 27.3 Å². The zero-order chi connectivity index (χ0) is 17.8. The van der Waals surface area contributed by atoms with Crippen molar-refractivity contribution < 1.29 is 23.8 Å². The molecule has 1 atom stereocenters. The molecule has 1 heterocycles. The van der Waals surface area contributed by atoms with Crippen LogP contribution in [0.25, 0.3) is 0 Å². The highest BCUT2D eigenvalue weighted by Crippen LogP contribution is 2.36. The number of hydrogen-bond donors (Lipinski definition) is 0.